The largest absolute Gasteiger partial charge is 0.324 e. The third-order valence-corrected chi connectivity index (χ3v) is 6.43. The molecule has 3 rings (SSSR count). The van der Waals surface area contributed by atoms with E-state index in [4.69, 9.17) is 5.73 Å². The minimum absolute atomic E-state index is 0.187. The molecule has 2 fully saturated rings. The number of aryl methyl sites for hydroxylation is 1. The molecule has 0 heterocycles. The smallest absolute Gasteiger partial charge is 0.0337 e. The fourth-order valence-electron chi connectivity index (χ4n) is 3.88. The van der Waals surface area contributed by atoms with Crippen LogP contribution >= 0.6 is 31.9 Å². The van der Waals surface area contributed by atoms with Gasteiger partial charge in [0.15, 0.2) is 0 Å². The van der Waals surface area contributed by atoms with Crippen molar-refractivity contribution in [3.05, 3.63) is 32.2 Å². The molecular formula is C15H19Br2N. The first kappa shape index (κ1) is 13.1. The molecule has 0 radical (unpaired) electrons. The van der Waals surface area contributed by atoms with Crippen LogP contribution < -0.4 is 5.73 Å². The second-order valence-corrected chi connectivity index (χ2v) is 7.70. The third-order valence-electron chi connectivity index (χ3n) is 4.89. The molecule has 2 bridgehead atoms. The number of rotatable bonds is 2. The van der Waals surface area contributed by atoms with Crippen molar-refractivity contribution in [3.63, 3.8) is 0 Å². The second kappa shape index (κ2) is 4.92. The van der Waals surface area contributed by atoms with Crippen molar-refractivity contribution in [3.8, 4) is 0 Å². The molecule has 2 aliphatic rings. The zero-order valence-electron chi connectivity index (χ0n) is 10.6. The predicted molar refractivity (Wildman–Crippen MR) is 82.4 cm³/mol. The summed E-state index contributed by atoms with van der Waals surface area (Å²) < 4.78 is 2.33. The second-order valence-electron chi connectivity index (χ2n) is 5.99. The molecule has 0 saturated heterocycles. The van der Waals surface area contributed by atoms with Crippen LogP contribution in [0.2, 0.25) is 0 Å². The molecule has 98 valence electrons. The minimum atomic E-state index is 0.187. The van der Waals surface area contributed by atoms with Crippen LogP contribution in [0.1, 0.15) is 42.9 Å². The Labute approximate surface area is 126 Å². The van der Waals surface area contributed by atoms with Gasteiger partial charge in [0.25, 0.3) is 0 Å². The van der Waals surface area contributed by atoms with Crippen LogP contribution in [0.5, 0.6) is 0 Å². The number of halogens is 2. The summed E-state index contributed by atoms with van der Waals surface area (Å²) in [7, 11) is 0. The van der Waals surface area contributed by atoms with Gasteiger partial charge in [0, 0.05) is 15.0 Å². The monoisotopic (exact) mass is 371 g/mol. The molecule has 0 aliphatic heterocycles. The average Bonchev–Trinajstić information content (AvgIpc) is 2.95. The quantitative estimate of drug-likeness (QED) is 0.780. The first-order valence-electron chi connectivity index (χ1n) is 6.77. The Morgan fingerprint density at radius 3 is 2.56 bits per heavy atom. The zero-order valence-corrected chi connectivity index (χ0v) is 13.8. The maximum atomic E-state index is 6.56. The van der Waals surface area contributed by atoms with E-state index in [-0.39, 0.29) is 6.04 Å². The summed E-state index contributed by atoms with van der Waals surface area (Å²) in [5.41, 5.74) is 9.08. The Bertz CT molecular complexity index is 472. The summed E-state index contributed by atoms with van der Waals surface area (Å²) in [6.07, 6.45) is 5.59. The van der Waals surface area contributed by atoms with Gasteiger partial charge in [0.2, 0.25) is 0 Å². The average molecular weight is 373 g/mol. The summed E-state index contributed by atoms with van der Waals surface area (Å²) in [4.78, 5) is 0. The number of hydrogen-bond acceptors (Lipinski definition) is 1. The number of nitrogens with two attached hydrogens (primary N) is 1. The molecule has 0 amide bonds. The van der Waals surface area contributed by atoms with Gasteiger partial charge in [0.1, 0.15) is 0 Å². The maximum absolute atomic E-state index is 6.56. The molecule has 0 aromatic heterocycles. The molecule has 1 aromatic rings. The van der Waals surface area contributed by atoms with Crippen molar-refractivity contribution in [2.24, 2.45) is 23.5 Å². The normalized spacial score (nSPS) is 31.9. The lowest BCUT2D eigenvalue weighted by Gasteiger charge is -2.29. The Morgan fingerprint density at radius 2 is 1.94 bits per heavy atom. The molecule has 1 nitrogen and oxygen atoms in total. The Hall–Kier alpha value is 0.140. The third kappa shape index (κ3) is 2.19. The van der Waals surface area contributed by atoms with Gasteiger partial charge in [-0.2, -0.15) is 0 Å². The van der Waals surface area contributed by atoms with Gasteiger partial charge in [-0.3, -0.25) is 0 Å². The van der Waals surface area contributed by atoms with Gasteiger partial charge < -0.3 is 5.73 Å². The fraction of sp³-hybridized carbons (Fsp3) is 0.600. The van der Waals surface area contributed by atoms with Gasteiger partial charge in [-0.05, 0) is 67.2 Å². The molecule has 2 N–H and O–H groups in total. The van der Waals surface area contributed by atoms with E-state index >= 15 is 0 Å². The standard InChI is InChI=1S/C15H19Br2N/c1-8-4-14(17)12(7-13(8)16)15(18)11-6-9-2-3-10(11)5-9/h4,7,9-11,15H,2-3,5-6,18H2,1H3. The van der Waals surface area contributed by atoms with E-state index in [0.29, 0.717) is 5.92 Å². The SMILES string of the molecule is Cc1cc(Br)c(C(N)C2CC3CCC2C3)cc1Br. The lowest BCUT2D eigenvalue weighted by atomic mass is 9.81. The molecule has 3 heteroatoms. The topological polar surface area (TPSA) is 26.0 Å². The lowest BCUT2D eigenvalue weighted by molar-refractivity contribution is 0.284. The van der Waals surface area contributed by atoms with Crippen molar-refractivity contribution < 1.29 is 0 Å². The highest BCUT2D eigenvalue weighted by atomic mass is 79.9. The molecule has 4 atom stereocenters. The summed E-state index contributed by atoms with van der Waals surface area (Å²) in [5.74, 6) is 2.52. The van der Waals surface area contributed by atoms with Crippen LogP contribution in [0.25, 0.3) is 0 Å². The van der Waals surface area contributed by atoms with E-state index in [9.17, 15) is 0 Å². The van der Waals surface area contributed by atoms with Crippen LogP contribution in [0.3, 0.4) is 0 Å². The molecular weight excluding hydrogens is 354 g/mol. The van der Waals surface area contributed by atoms with Gasteiger partial charge in [0.05, 0.1) is 0 Å². The highest BCUT2D eigenvalue weighted by Gasteiger charge is 2.42. The molecule has 1 aromatic carbocycles. The van der Waals surface area contributed by atoms with Crippen LogP contribution in [0.4, 0.5) is 0 Å². The van der Waals surface area contributed by atoms with Crippen molar-refractivity contribution in [2.45, 2.75) is 38.6 Å². The zero-order chi connectivity index (χ0) is 12.9. The molecule has 2 aliphatic carbocycles. The Kier molecular flexibility index (Phi) is 3.59. The number of hydrogen-bond donors (Lipinski definition) is 1. The van der Waals surface area contributed by atoms with E-state index in [1.165, 1.54) is 45.8 Å². The first-order valence-corrected chi connectivity index (χ1v) is 8.36. The highest BCUT2D eigenvalue weighted by Crippen LogP contribution is 2.52. The van der Waals surface area contributed by atoms with Crippen molar-refractivity contribution in [1.82, 2.24) is 0 Å². The van der Waals surface area contributed by atoms with Crippen molar-refractivity contribution in [1.29, 1.82) is 0 Å². The number of fused-ring (bicyclic) bond motifs is 2. The van der Waals surface area contributed by atoms with Crippen LogP contribution in [0, 0.1) is 24.7 Å². The van der Waals surface area contributed by atoms with E-state index in [0.717, 1.165) is 11.8 Å². The van der Waals surface area contributed by atoms with Crippen LogP contribution in [-0.2, 0) is 0 Å². The molecule has 18 heavy (non-hydrogen) atoms. The molecule has 2 saturated carbocycles. The Morgan fingerprint density at radius 1 is 1.17 bits per heavy atom. The van der Waals surface area contributed by atoms with E-state index in [1.807, 2.05) is 0 Å². The van der Waals surface area contributed by atoms with E-state index in [2.05, 4.69) is 50.9 Å². The summed E-state index contributed by atoms with van der Waals surface area (Å²) in [6.45, 7) is 2.11. The Balaban J connectivity index is 1.88. The van der Waals surface area contributed by atoms with Gasteiger partial charge in [-0.15, -0.1) is 0 Å². The van der Waals surface area contributed by atoms with Gasteiger partial charge >= 0.3 is 0 Å². The summed E-state index contributed by atoms with van der Waals surface area (Å²) in [5, 5.41) is 0. The van der Waals surface area contributed by atoms with Gasteiger partial charge in [-0.1, -0.05) is 38.3 Å². The lowest BCUT2D eigenvalue weighted by Crippen LogP contribution is -2.26. The molecule has 0 spiro atoms. The van der Waals surface area contributed by atoms with Crippen LogP contribution in [-0.4, -0.2) is 0 Å². The van der Waals surface area contributed by atoms with Gasteiger partial charge in [-0.25, -0.2) is 0 Å². The summed E-state index contributed by atoms with van der Waals surface area (Å²) in [6, 6.07) is 4.56. The van der Waals surface area contributed by atoms with E-state index in [1.54, 1.807) is 0 Å². The van der Waals surface area contributed by atoms with E-state index < -0.39 is 0 Å². The predicted octanol–water partition coefficient (Wildman–Crippen LogP) is 4.96. The summed E-state index contributed by atoms with van der Waals surface area (Å²) >= 11 is 7.30. The highest BCUT2D eigenvalue weighted by molar-refractivity contribution is 9.11. The molecule has 4 unspecified atom stereocenters. The van der Waals surface area contributed by atoms with Crippen LogP contribution in [0.15, 0.2) is 21.1 Å². The van der Waals surface area contributed by atoms with Crippen molar-refractivity contribution in [2.75, 3.05) is 0 Å². The fourth-order valence-corrected chi connectivity index (χ4v) is 4.96. The number of benzene rings is 1. The first-order chi connectivity index (χ1) is 8.56. The maximum Gasteiger partial charge on any atom is 0.0337 e. The van der Waals surface area contributed by atoms with Crippen molar-refractivity contribution >= 4 is 31.9 Å². The minimum Gasteiger partial charge on any atom is -0.324 e.